The second-order valence-corrected chi connectivity index (χ2v) is 6.89. The van der Waals surface area contributed by atoms with Gasteiger partial charge in [-0.3, -0.25) is 4.21 Å². The van der Waals surface area contributed by atoms with Crippen LogP contribution in [0.4, 0.5) is 5.13 Å². The SMILES string of the molecule is Cc1sc(NC2CCS(=O)CC2)nc1C(=O)O. The molecule has 5 nitrogen and oxygen atoms in total. The molecule has 1 aromatic heterocycles. The van der Waals surface area contributed by atoms with Crippen LogP contribution in [0.5, 0.6) is 0 Å². The van der Waals surface area contributed by atoms with Gasteiger partial charge in [-0.2, -0.15) is 0 Å². The molecule has 2 heterocycles. The van der Waals surface area contributed by atoms with Crippen molar-refractivity contribution in [1.82, 2.24) is 4.98 Å². The summed E-state index contributed by atoms with van der Waals surface area (Å²) in [5, 5.41) is 12.8. The first kappa shape index (κ1) is 12.5. The molecule has 1 fully saturated rings. The van der Waals surface area contributed by atoms with E-state index in [4.69, 9.17) is 5.11 Å². The minimum Gasteiger partial charge on any atom is -0.476 e. The number of carboxylic acid groups (broad SMARTS) is 1. The molecule has 1 aliphatic rings. The first-order valence-electron chi connectivity index (χ1n) is 5.38. The molecule has 2 N–H and O–H groups in total. The van der Waals surface area contributed by atoms with E-state index in [-0.39, 0.29) is 11.7 Å². The molecule has 0 aromatic carbocycles. The van der Waals surface area contributed by atoms with Gasteiger partial charge in [-0.25, -0.2) is 9.78 Å². The van der Waals surface area contributed by atoms with E-state index in [1.807, 2.05) is 0 Å². The van der Waals surface area contributed by atoms with Crippen molar-refractivity contribution in [3.05, 3.63) is 10.6 Å². The van der Waals surface area contributed by atoms with Crippen LogP contribution in [-0.4, -0.2) is 37.8 Å². The van der Waals surface area contributed by atoms with E-state index in [0.29, 0.717) is 21.5 Å². The summed E-state index contributed by atoms with van der Waals surface area (Å²) >= 11 is 1.36. The molecule has 0 bridgehead atoms. The van der Waals surface area contributed by atoms with Gasteiger partial charge in [0.05, 0.1) is 0 Å². The van der Waals surface area contributed by atoms with Crippen LogP contribution in [-0.2, 0) is 10.8 Å². The van der Waals surface area contributed by atoms with Crippen LogP contribution in [0.25, 0.3) is 0 Å². The molecule has 17 heavy (non-hydrogen) atoms. The van der Waals surface area contributed by atoms with Gasteiger partial charge in [0.15, 0.2) is 10.8 Å². The van der Waals surface area contributed by atoms with E-state index in [1.54, 1.807) is 6.92 Å². The van der Waals surface area contributed by atoms with Crippen molar-refractivity contribution in [3.8, 4) is 0 Å². The molecule has 0 amide bonds. The van der Waals surface area contributed by atoms with E-state index in [0.717, 1.165) is 12.8 Å². The Labute approximate surface area is 106 Å². The Hall–Kier alpha value is -0.950. The number of aromatic nitrogens is 1. The number of carbonyl (C=O) groups is 1. The van der Waals surface area contributed by atoms with Crippen LogP contribution in [0, 0.1) is 6.92 Å². The van der Waals surface area contributed by atoms with Crippen LogP contribution in [0.15, 0.2) is 0 Å². The lowest BCUT2D eigenvalue weighted by molar-refractivity contribution is 0.0690. The molecule has 1 aliphatic heterocycles. The quantitative estimate of drug-likeness (QED) is 0.872. The Bertz CT molecular complexity index is 448. The lowest BCUT2D eigenvalue weighted by Gasteiger charge is -2.21. The van der Waals surface area contributed by atoms with Gasteiger partial charge in [-0.05, 0) is 19.8 Å². The number of nitrogens with zero attached hydrogens (tertiary/aromatic N) is 1. The van der Waals surface area contributed by atoms with Crippen molar-refractivity contribution in [2.45, 2.75) is 25.8 Å². The molecule has 0 radical (unpaired) electrons. The predicted molar refractivity (Wildman–Crippen MR) is 68.3 cm³/mol. The van der Waals surface area contributed by atoms with E-state index < -0.39 is 16.8 Å². The number of nitrogens with one attached hydrogen (secondary N) is 1. The van der Waals surface area contributed by atoms with Crippen LogP contribution >= 0.6 is 11.3 Å². The number of rotatable bonds is 3. The third kappa shape index (κ3) is 3.04. The molecular weight excluding hydrogens is 260 g/mol. The maximum atomic E-state index is 11.2. The molecule has 1 saturated heterocycles. The Kier molecular flexibility index (Phi) is 3.78. The Balaban J connectivity index is 2.01. The van der Waals surface area contributed by atoms with Crippen LogP contribution in [0.1, 0.15) is 28.2 Å². The number of aryl methyl sites for hydroxylation is 1. The zero-order chi connectivity index (χ0) is 12.4. The highest BCUT2D eigenvalue weighted by Gasteiger charge is 2.20. The monoisotopic (exact) mass is 274 g/mol. The van der Waals surface area contributed by atoms with E-state index >= 15 is 0 Å². The zero-order valence-corrected chi connectivity index (χ0v) is 11.1. The Morgan fingerprint density at radius 3 is 2.71 bits per heavy atom. The van der Waals surface area contributed by atoms with Crippen LogP contribution in [0.3, 0.4) is 0 Å². The fourth-order valence-electron chi connectivity index (χ4n) is 1.77. The lowest BCUT2D eigenvalue weighted by Crippen LogP contribution is -2.29. The first-order chi connectivity index (χ1) is 8.06. The number of thiazole rings is 1. The van der Waals surface area contributed by atoms with Gasteiger partial charge in [0.2, 0.25) is 0 Å². The van der Waals surface area contributed by atoms with Crippen molar-refractivity contribution in [3.63, 3.8) is 0 Å². The minimum absolute atomic E-state index is 0.122. The number of hydrogen-bond acceptors (Lipinski definition) is 5. The average Bonchev–Trinajstić information content (AvgIpc) is 2.63. The standard InChI is InChI=1S/C10H14N2O3S2/c1-6-8(9(13)14)12-10(16-6)11-7-2-4-17(15)5-3-7/h7H,2-5H2,1H3,(H,11,12)(H,13,14). The molecule has 0 unspecified atom stereocenters. The molecule has 0 spiro atoms. The molecule has 0 aliphatic carbocycles. The normalized spacial score (nSPS) is 24.5. The van der Waals surface area contributed by atoms with Gasteiger partial charge >= 0.3 is 5.97 Å². The van der Waals surface area contributed by atoms with Crippen LogP contribution in [0.2, 0.25) is 0 Å². The summed E-state index contributed by atoms with van der Waals surface area (Å²) in [6.45, 7) is 1.75. The number of aromatic carboxylic acids is 1. The van der Waals surface area contributed by atoms with Crippen molar-refractivity contribution in [1.29, 1.82) is 0 Å². The molecule has 0 saturated carbocycles. The van der Waals surface area contributed by atoms with Gasteiger partial charge in [-0.1, -0.05) is 0 Å². The first-order valence-corrected chi connectivity index (χ1v) is 7.69. The third-order valence-electron chi connectivity index (χ3n) is 2.71. The summed E-state index contributed by atoms with van der Waals surface area (Å²) < 4.78 is 11.2. The smallest absolute Gasteiger partial charge is 0.355 e. The lowest BCUT2D eigenvalue weighted by atomic mass is 10.2. The summed E-state index contributed by atoms with van der Waals surface area (Å²) in [5.74, 6) is 0.443. The summed E-state index contributed by atoms with van der Waals surface area (Å²) in [6, 6.07) is 0.264. The number of carboxylic acids is 1. The third-order valence-corrected chi connectivity index (χ3v) is 5.00. The maximum Gasteiger partial charge on any atom is 0.355 e. The molecule has 1 aromatic rings. The van der Waals surface area contributed by atoms with Crippen molar-refractivity contribution < 1.29 is 14.1 Å². The predicted octanol–water partition coefficient (Wildman–Crippen LogP) is 1.47. The van der Waals surface area contributed by atoms with Crippen molar-refractivity contribution in [2.24, 2.45) is 0 Å². The minimum atomic E-state index is -0.989. The average molecular weight is 274 g/mol. The summed E-state index contributed by atoms with van der Waals surface area (Å²) in [7, 11) is -0.677. The van der Waals surface area contributed by atoms with E-state index in [2.05, 4.69) is 10.3 Å². The number of anilines is 1. The molecule has 2 rings (SSSR count). The number of hydrogen-bond donors (Lipinski definition) is 2. The summed E-state index contributed by atoms with van der Waals surface area (Å²) in [5.41, 5.74) is 0.122. The van der Waals surface area contributed by atoms with E-state index in [1.165, 1.54) is 11.3 Å². The van der Waals surface area contributed by atoms with Gasteiger partial charge in [-0.15, -0.1) is 11.3 Å². The van der Waals surface area contributed by atoms with E-state index in [9.17, 15) is 9.00 Å². The van der Waals surface area contributed by atoms with Crippen LogP contribution < -0.4 is 5.32 Å². The molecular formula is C10H14N2O3S2. The fourth-order valence-corrected chi connectivity index (χ4v) is 3.95. The van der Waals surface area contributed by atoms with Crippen molar-refractivity contribution >= 4 is 33.2 Å². The maximum absolute atomic E-state index is 11.2. The second-order valence-electron chi connectivity index (χ2n) is 4.00. The highest BCUT2D eigenvalue weighted by Crippen LogP contribution is 2.24. The largest absolute Gasteiger partial charge is 0.476 e. The highest BCUT2D eigenvalue weighted by atomic mass is 32.2. The van der Waals surface area contributed by atoms with Gasteiger partial charge in [0.1, 0.15) is 0 Å². The van der Waals surface area contributed by atoms with Gasteiger partial charge in [0.25, 0.3) is 0 Å². The fraction of sp³-hybridized carbons (Fsp3) is 0.600. The summed E-state index contributed by atoms with van der Waals surface area (Å²) in [6.07, 6.45) is 1.71. The Morgan fingerprint density at radius 1 is 1.53 bits per heavy atom. The topological polar surface area (TPSA) is 79.3 Å². The Morgan fingerprint density at radius 2 is 2.18 bits per heavy atom. The molecule has 0 atom stereocenters. The van der Waals surface area contributed by atoms with Gasteiger partial charge in [0, 0.05) is 33.2 Å². The summed E-state index contributed by atoms with van der Waals surface area (Å²) in [4.78, 5) is 15.6. The van der Waals surface area contributed by atoms with Crippen molar-refractivity contribution in [2.75, 3.05) is 16.8 Å². The second kappa shape index (κ2) is 5.14. The van der Waals surface area contributed by atoms with Gasteiger partial charge < -0.3 is 10.4 Å². The zero-order valence-electron chi connectivity index (χ0n) is 9.43. The highest BCUT2D eigenvalue weighted by molar-refractivity contribution is 7.85. The molecule has 7 heteroatoms. The molecule has 94 valence electrons.